The zero-order valence-electron chi connectivity index (χ0n) is 6.03. The van der Waals surface area contributed by atoms with Crippen molar-refractivity contribution in [3.8, 4) is 0 Å². The molecule has 0 radical (unpaired) electrons. The van der Waals surface area contributed by atoms with E-state index in [9.17, 15) is 0 Å². The number of H-pyrrole nitrogens is 1. The van der Waals surface area contributed by atoms with Crippen LogP contribution in [-0.2, 0) is 10.4 Å². The highest BCUT2D eigenvalue weighted by Gasteiger charge is 1.91. The van der Waals surface area contributed by atoms with Crippen LogP contribution in [0.4, 0.5) is 0 Å². The molecule has 1 rings (SSSR count). The molecule has 1 N–H and O–H groups in total. The highest BCUT2D eigenvalue weighted by molar-refractivity contribution is 9.10. The summed E-state index contributed by atoms with van der Waals surface area (Å²) in [4.78, 5) is 2.97. The Labute approximate surface area is 92.0 Å². The van der Waals surface area contributed by atoms with Gasteiger partial charge in [-0.1, -0.05) is 0 Å². The van der Waals surface area contributed by atoms with Crippen molar-refractivity contribution >= 4 is 42.3 Å². The Morgan fingerprint density at radius 2 is 1.69 bits per heavy atom. The van der Waals surface area contributed by atoms with Crippen LogP contribution in [-0.4, -0.2) is 17.5 Å². The maximum Gasteiger partial charge on any atom is 0.246 e. The summed E-state index contributed by atoms with van der Waals surface area (Å²) in [7, 11) is -5.17. The first-order valence-electron chi connectivity index (χ1n) is 2.78. The van der Waals surface area contributed by atoms with Gasteiger partial charge in [-0.15, -0.1) is 0 Å². The van der Waals surface area contributed by atoms with E-state index in [-0.39, 0.29) is 0 Å². The predicted octanol–water partition coefficient (Wildman–Crippen LogP) is 0.688. The van der Waals surface area contributed by atoms with Crippen molar-refractivity contribution in [2.75, 3.05) is 0 Å². The molecule has 5 nitrogen and oxygen atoms in total. The average Bonchev–Trinajstić information content (AvgIpc) is 1.92. The zero-order valence-corrected chi connectivity index (χ0v) is 10.0. The van der Waals surface area contributed by atoms with Crippen LogP contribution in [0.15, 0.2) is 27.4 Å². The van der Waals surface area contributed by atoms with Gasteiger partial charge in [0.05, 0.1) is 4.47 Å². The van der Waals surface area contributed by atoms with Crippen molar-refractivity contribution in [1.29, 1.82) is 0 Å². The molecule has 0 amide bonds. The van der Waals surface area contributed by atoms with E-state index in [2.05, 4.69) is 36.8 Å². The fraction of sp³-hybridized carbons (Fsp3) is 0. The number of hydrogen-bond donors (Lipinski definition) is 0. The van der Waals surface area contributed by atoms with E-state index in [4.69, 9.17) is 17.5 Å². The van der Waals surface area contributed by atoms with E-state index in [0.29, 0.717) is 0 Å². The molecular formula is C5H4Br2NO4S-. The molecule has 0 fully saturated rings. The van der Waals surface area contributed by atoms with E-state index < -0.39 is 10.4 Å². The predicted molar refractivity (Wildman–Crippen MR) is 48.9 cm³/mol. The van der Waals surface area contributed by atoms with E-state index >= 15 is 0 Å². The summed E-state index contributed by atoms with van der Waals surface area (Å²) in [6.07, 6.45) is 1.87. The van der Waals surface area contributed by atoms with Gasteiger partial charge in [0.15, 0.2) is 6.20 Å². The molecule has 0 saturated carbocycles. The minimum absolute atomic E-state index is 0.987. The minimum Gasteiger partial charge on any atom is -0.759 e. The molecule has 8 heteroatoms. The number of aromatic nitrogens is 1. The smallest absolute Gasteiger partial charge is 0.246 e. The summed E-state index contributed by atoms with van der Waals surface area (Å²) < 4.78 is 36.1. The number of halogens is 2. The molecule has 0 aromatic carbocycles. The molecule has 0 spiro atoms. The van der Waals surface area contributed by atoms with E-state index in [1.807, 2.05) is 18.3 Å². The third kappa shape index (κ3) is 12.0. The molecule has 0 bridgehead atoms. The Kier molecular flexibility index (Phi) is 5.65. The van der Waals surface area contributed by atoms with Gasteiger partial charge in [-0.25, -0.2) is 4.98 Å². The third-order valence-electron chi connectivity index (χ3n) is 0.737. The van der Waals surface area contributed by atoms with Crippen molar-refractivity contribution in [3.63, 3.8) is 0 Å². The fourth-order valence-electron chi connectivity index (χ4n) is 0.387. The summed E-state index contributed by atoms with van der Waals surface area (Å²) in [5, 5.41) is 0. The van der Waals surface area contributed by atoms with Crippen LogP contribution in [0.3, 0.4) is 0 Å². The molecule has 0 aliphatic carbocycles. The van der Waals surface area contributed by atoms with Crippen LogP contribution < -0.4 is 4.98 Å². The first kappa shape index (κ1) is 13.0. The lowest BCUT2D eigenvalue weighted by Gasteiger charge is -2.06. The van der Waals surface area contributed by atoms with Crippen molar-refractivity contribution in [2.45, 2.75) is 0 Å². The first-order valence-corrected chi connectivity index (χ1v) is 5.70. The highest BCUT2D eigenvalue weighted by Crippen LogP contribution is 2.07. The Morgan fingerprint density at radius 3 is 1.92 bits per heavy atom. The second-order valence-electron chi connectivity index (χ2n) is 1.76. The topological polar surface area (TPSA) is 94.4 Å². The second-order valence-corrected chi connectivity index (χ2v) is 4.35. The maximum atomic E-state index is 8.52. The molecule has 1 aromatic rings. The highest BCUT2D eigenvalue weighted by atomic mass is 79.9. The van der Waals surface area contributed by atoms with Gasteiger partial charge >= 0.3 is 0 Å². The summed E-state index contributed by atoms with van der Waals surface area (Å²) >= 11 is 6.56. The molecule has 13 heavy (non-hydrogen) atoms. The normalized spacial score (nSPS) is 10.2. The van der Waals surface area contributed by atoms with E-state index in [0.717, 1.165) is 9.08 Å². The minimum atomic E-state index is -5.17. The number of pyridine rings is 1. The lowest BCUT2D eigenvalue weighted by atomic mass is 10.5. The van der Waals surface area contributed by atoms with Gasteiger partial charge in [-0.05, 0) is 22.0 Å². The fourth-order valence-corrected chi connectivity index (χ4v) is 0.880. The molecule has 0 aliphatic heterocycles. The zero-order chi connectivity index (χ0) is 10.5. The number of nitrogens with one attached hydrogen (secondary N) is 1. The third-order valence-corrected chi connectivity index (χ3v) is 1.72. The van der Waals surface area contributed by atoms with Crippen molar-refractivity contribution in [3.05, 3.63) is 27.4 Å². The van der Waals surface area contributed by atoms with Gasteiger partial charge in [0.1, 0.15) is 0 Å². The maximum absolute atomic E-state index is 8.52. The Bertz CT molecular complexity index is 320. The summed E-state index contributed by atoms with van der Waals surface area (Å²) in [6, 6.07) is 3.89. The van der Waals surface area contributed by atoms with Gasteiger partial charge in [-0.2, -0.15) is 0 Å². The Morgan fingerprint density at radius 1 is 1.23 bits per heavy atom. The molecule has 0 atom stereocenters. The van der Waals surface area contributed by atoms with Crippen molar-refractivity contribution in [2.24, 2.45) is 0 Å². The van der Waals surface area contributed by atoms with Gasteiger partial charge in [0.2, 0.25) is 4.60 Å². The lowest BCUT2D eigenvalue weighted by molar-refractivity contribution is -0.393. The van der Waals surface area contributed by atoms with Crippen LogP contribution in [0.5, 0.6) is 0 Å². The van der Waals surface area contributed by atoms with Gasteiger partial charge in [0.25, 0.3) is 0 Å². The van der Waals surface area contributed by atoms with Crippen LogP contribution >= 0.6 is 31.9 Å². The molecule has 74 valence electrons. The van der Waals surface area contributed by atoms with Crippen LogP contribution in [0.2, 0.25) is 0 Å². The van der Waals surface area contributed by atoms with Gasteiger partial charge in [0, 0.05) is 32.4 Å². The first-order chi connectivity index (χ1) is 5.79. The Hall–Kier alpha value is -0.0200. The molecular weight excluding hydrogens is 330 g/mol. The summed E-state index contributed by atoms with van der Waals surface area (Å²) in [5.41, 5.74) is 0. The van der Waals surface area contributed by atoms with E-state index in [1.54, 1.807) is 0 Å². The molecule has 0 saturated heterocycles. The second kappa shape index (κ2) is 5.66. The number of rotatable bonds is 0. The standard InChI is InChI=1S/C5H3Br2N.H2O4S/c6-4-1-2-5(7)8-3-4;1-5(2,3)4/h1-3H;(H2,1,2,3,4)/p-1. The quantitative estimate of drug-likeness (QED) is 0.396. The lowest BCUT2D eigenvalue weighted by Crippen LogP contribution is -2.00. The van der Waals surface area contributed by atoms with E-state index in [1.165, 1.54) is 0 Å². The number of hydrogen-bond acceptors (Lipinski definition) is 4. The Balaban J connectivity index is 0.000000252. The van der Waals surface area contributed by atoms with Gasteiger partial charge in [-0.3, -0.25) is 8.42 Å². The summed E-state index contributed by atoms with van der Waals surface area (Å²) in [5.74, 6) is 0. The average molecular weight is 334 g/mol. The molecule has 0 aliphatic rings. The summed E-state index contributed by atoms with van der Waals surface area (Å²) in [6.45, 7) is 0. The van der Waals surface area contributed by atoms with Gasteiger partial charge < -0.3 is 9.11 Å². The van der Waals surface area contributed by atoms with Crippen LogP contribution in [0.25, 0.3) is 0 Å². The van der Waals surface area contributed by atoms with Crippen LogP contribution in [0, 0.1) is 0 Å². The van der Waals surface area contributed by atoms with Crippen molar-refractivity contribution in [1.82, 2.24) is 0 Å². The SMILES string of the molecule is Brc1ccc(Br)[nH+]c1.O=S(=O)([O-])[O-]. The number of aromatic amines is 1. The monoisotopic (exact) mass is 332 g/mol. The van der Waals surface area contributed by atoms with Crippen LogP contribution in [0.1, 0.15) is 0 Å². The molecule has 0 unspecified atom stereocenters. The molecule has 1 aromatic heterocycles. The molecule has 1 heterocycles. The van der Waals surface area contributed by atoms with Crippen molar-refractivity contribution < 1.29 is 22.5 Å². The largest absolute Gasteiger partial charge is 0.759 e.